The molecule has 0 aliphatic heterocycles. The van der Waals surface area contributed by atoms with Crippen LogP contribution < -0.4 is 11.1 Å². The number of carbonyl (C=O) groups excluding carboxylic acids is 1. The molecule has 0 saturated heterocycles. The molecule has 16 heavy (non-hydrogen) atoms. The quantitative estimate of drug-likeness (QED) is 0.577. The van der Waals surface area contributed by atoms with E-state index in [9.17, 15) is 9.59 Å². The van der Waals surface area contributed by atoms with Crippen molar-refractivity contribution in [2.45, 2.75) is 44.6 Å². The number of carboxylic acid groups (broad SMARTS) is 1. The van der Waals surface area contributed by atoms with Crippen molar-refractivity contribution in [3.05, 3.63) is 0 Å². The zero-order valence-corrected chi connectivity index (χ0v) is 9.45. The molecule has 0 aromatic carbocycles. The third kappa shape index (κ3) is 4.18. The number of hydrogen-bond donors (Lipinski definition) is 3. The van der Waals surface area contributed by atoms with Crippen LogP contribution in [0, 0.1) is 5.92 Å². The molecular formula is C11H20N2O3. The summed E-state index contributed by atoms with van der Waals surface area (Å²) in [6, 6.07) is 0.0477. The molecule has 1 amide bonds. The molecule has 0 radical (unpaired) electrons. The standard InChI is InChI=1S/C11H20N2O3/c12-6-2-1-3-10(14)13-9-5-4-8(7-9)11(15)16/h8-9H,1-7,12H2,(H,13,14)(H,15,16). The van der Waals surface area contributed by atoms with Crippen molar-refractivity contribution in [2.75, 3.05) is 6.54 Å². The Morgan fingerprint density at radius 1 is 1.31 bits per heavy atom. The van der Waals surface area contributed by atoms with Crippen LogP contribution in [0.5, 0.6) is 0 Å². The van der Waals surface area contributed by atoms with Gasteiger partial charge in [0.25, 0.3) is 0 Å². The maximum atomic E-state index is 11.5. The van der Waals surface area contributed by atoms with Crippen LogP contribution in [0.15, 0.2) is 0 Å². The summed E-state index contributed by atoms with van der Waals surface area (Å²) in [5.41, 5.74) is 5.33. The molecule has 1 aliphatic carbocycles. The monoisotopic (exact) mass is 228 g/mol. The predicted molar refractivity (Wildman–Crippen MR) is 59.8 cm³/mol. The first-order chi connectivity index (χ1) is 7.63. The van der Waals surface area contributed by atoms with Crippen LogP contribution in [0.1, 0.15) is 38.5 Å². The Hall–Kier alpha value is -1.10. The number of aliphatic carboxylic acids is 1. The first-order valence-electron chi connectivity index (χ1n) is 5.85. The molecule has 1 fully saturated rings. The van der Waals surface area contributed by atoms with Gasteiger partial charge in [0.15, 0.2) is 0 Å². The van der Waals surface area contributed by atoms with Gasteiger partial charge in [0.05, 0.1) is 5.92 Å². The maximum Gasteiger partial charge on any atom is 0.306 e. The van der Waals surface area contributed by atoms with Crippen LogP contribution in [0.2, 0.25) is 0 Å². The minimum absolute atomic E-state index is 0.0180. The molecule has 0 heterocycles. The van der Waals surface area contributed by atoms with Gasteiger partial charge in [-0.3, -0.25) is 9.59 Å². The van der Waals surface area contributed by atoms with Gasteiger partial charge in [-0.05, 0) is 38.6 Å². The fourth-order valence-electron chi connectivity index (χ4n) is 2.07. The van der Waals surface area contributed by atoms with E-state index in [0.29, 0.717) is 25.8 Å². The van der Waals surface area contributed by atoms with Crippen LogP contribution in [0.4, 0.5) is 0 Å². The van der Waals surface area contributed by atoms with Crippen LogP contribution in [-0.4, -0.2) is 29.6 Å². The van der Waals surface area contributed by atoms with Crippen molar-refractivity contribution in [1.82, 2.24) is 5.32 Å². The molecule has 2 atom stereocenters. The van der Waals surface area contributed by atoms with E-state index in [0.717, 1.165) is 19.3 Å². The van der Waals surface area contributed by atoms with Crippen LogP contribution >= 0.6 is 0 Å². The molecule has 1 aliphatic rings. The Labute approximate surface area is 95.4 Å². The van der Waals surface area contributed by atoms with Gasteiger partial charge in [-0.25, -0.2) is 0 Å². The molecule has 5 nitrogen and oxygen atoms in total. The smallest absolute Gasteiger partial charge is 0.306 e. The molecule has 0 aromatic heterocycles. The average Bonchev–Trinajstić information content (AvgIpc) is 2.66. The number of nitrogens with two attached hydrogens (primary N) is 1. The average molecular weight is 228 g/mol. The van der Waals surface area contributed by atoms with E-state index in [4.69, 9.17) is 10.8 Å². The van der Waals surface area contributed by atoms with Gasteiger partial charge in [-0.15, -0.1) is 0 Å². The largest absolute Gasteiger partial charge is 0.481 e. The van der Waals surface area contributed by atoms with E-state index >= 15 is 0 Å². The lowest BCUT2D eigenvalue weighted by atomic mass is 10.1. The summed E-state index contributed by atoms with van der Waals surface area (Å²) >= 11 is 0. The van der Waals surface area contributed by atoms with E-state index in [1.807, 2.05) is 0 Å². The van der Waals surface area contributed by atoms with Crippen molar-refractivity contribution >= 4 is 11.9 Å². The number of carboxylic acids is 1. The number of carbonyl (C=O) groups is 2. The second kappa shape index (κ2) is 6.48. The fourth-order valence-corrected chi connectivity index (χ4v) is 2.07. The lowest BCUT2D eigenvalue weighted by molar-refractivity contribution is -0.141. The lowest BCUT2D eigenvalue weighted by Crippen LogP contribution is -2.33. The Morgan fingerprint density at radius 2 is 2.06 bits per heavy atom. The van der Waals surface area contributed by atoms with Gasteiger partial charge in [0.2, 0.25) is 5.91 Å². The first-order valence-corrected chi connectivity index (χ1v) is 5.85. The number of nitrogens with one attached hydrogen (secondary N) is 1. The minimum Gasteiger partial charge on any atom is -0.481 e. The Bertz CT molecular complexity index is 256. The van der Waals surface area contributed by atoms with Crippen LogP contribution in [0.25, 0.3) is 0 Å². The first kappa shape index (κ1) is 13.0. The normalized spacial score (nSPS) is 24.3. The molecular weight excluding hydrogens is 208 g/mol. The zero-order chi connectivity index (χ0) is 12.0. The van der Waals surface area contributed by atoms with Gasteiger partial charge in [-0.2, -0.15) is 0 Å². The van der Waals surface area contributed by atoms with Gasteiger partial charge in [0, 0.05) is 12.5 Å². The summed E-state index contributed by atoms with van der Waals surface area (Å²) in [5.74, 6) is -1.02. The van der Waals surface area contributed by atoms with E-state index in [-0.39, 0.29) is 17.9 Å². The summed E-state index contributed by atoms with van der Waals surface area (Å²) in [7, 11) is 0. The number of hydrogen-bond acceptors (Lipinski definition) is 3. The Balaban J connectivity index is 2.18. The fraction of sp³-hybridized carbons (Fsp3) is 0.818. The van der Waals surface area contributed by atoms with Crippen LogP contribution in [0.3, 0.4) is 0 Å². The van der Waals surface area contributed by atoms with E-state index < -0.39 is 5.97 Å². The second-order valence-corrected chi connectivity index (χ2v) is 4.36. The Kier molecular flexibility index (Phi) is 5.25. The topological polar surface area (TPSA) is 92.4 Å². The molecule has 1 saturated carbocycles. The minimum atomic E-state index is -0.750. The molecule has 5 heteroatoms. The molecule has 2 unspecified atom stereocenters. The highest BCUT2D eigenvalue weighted by Gasteiger charge is 2.30. The molecule has 0 aromatic rings. The highest BCUT2D eigenvalue weighted by molar-refractivity contribution is 5.76. The number of amides is 1. The summed E-state index contributed by atoms with van der Waals surface area (Å²) in [6.07, 6.45) is 4.17. The van der Waals surface area contributed by atoms with Gasteiger partial charge in [0.1, 0.15) is 0 Å². The van der Waals surface area contributed by atoms with Crippen molar-refractivity contribution in [2.24, 2.45) is 11.7 Å². The molecule has 4 N–H and O–H groups in total. The van der Waals surface area contributed by atoms with Crippen molar-refractivity contribution in [3.63, 3.8) is 0 Å². The highest BCUT2D eigenvalue weighted by atomic mass is 16.4. The Morgan fingerprint density at radius 3 is 2.62 bits per heavy atom. The third-order valence-corrected chi connectivity index (χ3v) is 3.00. The second-order valence-electron chi connectivity index (χ2n) is 4.36. The molecule has 0 spiro atoms. The molecule has 0 bridgehead atoms. The van der Waals surface area contributed by atoms with Crippen molar-refractivity contribution in [3.8, 4) is 0 Å². The molecule has 92 valence electrons. The van der Waals surface area contributed by atoms with E-state index in [2.05, 4.69) is 5.32 Å². The maximum absolute atomic E-state index is 11.5. The van der Waals surface area contributed by atoms with E-state index in [1.165, 1.54) is 0 Å². The van der Waals surface area contributed by atoms with Gasteiger partial charge < -0.3 is 16.2 Å². The lowest BCUT2D eigenvalue weighted by Gasteiger charge is -2.12. The summed E-state index contributed by atoms with van der Waals surface area (Å²) in [6.45, 7) is 0.609. The summed E-state index contributed by atoms with van der Waals surface area (Å²) < 4.78 is 0. The van der Waals surface area contributed by atoms with Crippen LogP contribution in [-0.2, 0) is 9.59 Å². The zero-order valence-electron chi connectivity index (χ0n) is 9.45. The number of rotatable bonds is 6. The number of unbranched alkanes of at least 4 members (excludes halogenated alkanes) is 1. The third-order valence-electron chi connectivity index (χ3n) is 3.00. The van der Waals surface area contributed by atoms with Gasteiger partial charge in [-0.1, -0.05) is 0 Å². The predicted octanol–water partition coefficient (Wildman–Crippen LogP) is 0.485. The van der Waals surface area contributed by atoms with Crippen molar-refractivity contribution in [1.29, 1.82) is 0 Å². The van der Waals surface area contributed by atoms with Crippen molar-refractivity contribution < 1.29 is 14.7 Å². The molecule has 1 rings (SSSR count). The van der Waals surface area contributed by atoms with E-state index in [1.54, 1.807) is 0 Å². The highest BCUT2D eigenvalue weighted by Crippen LogP contribution is 2.25. The summed E-state index contributed by atoms with van der Waals surface area (Å²) in [4.78, 5) is 22.2. The summed E-state index contributed by atoms with van der Waals surface area (Å²) in [5, 5.41) is 11.7. The SMILES string of the molecule is NCCCCC(=O)NC1CCC(C(=O)O)C1. The van der Waals surface area contributed by atoms with Gasteiger partial charge >= 0.3 is 5.97 Å².